The van der Waals surface area contributed by atoms with Crippen molar-refractivity contribution in [2.45, 2.75) is 20.3 Å². The van der Waals surface area contributed by atoms with Gasteiger partial charge in [-0.05, 0) is 13.5 Å². The van der Waals surface area contributed by atoms with Crippen molar-refractivity contribution in [1.29, 1.82) is 0 Å². The molecule has 70 valence electrons. The molecule has 0 saturated heterocycles. The van der Waals surface area contributed by atoms with Crippen LogP contribution in [0, 0.1) is 0 Å². The van der Waals surface area contributed by atoms with Gasteiger partial charge in [0.05, 0.1) is 13.0 Å². The molecule has 0 N–H and O–H groups in total. The average Bonchev–Trinajstić information content (AvgIpc) is 2.02. The molecule has 4 nitrogen and oxygen atoms in total. The van der Waals surface area contributed by atoms with E-state index < -0.39 is 11.9 Å². The fraction of sp³-hybridized carbons (Fsp3) is 0.625. The molecule has 0 fully saturated rings. The molecule has 0 atom stereocenters. The number of ether oxygens (including phenoxy) is 2. The molecule has 0 aromatic heterocycles. The Labute approximate surface area is 90.1 Å². The zero-order chi connectivity index (χ0) is 9.40. The summed E-state index contributed by atoms with van der Waals surface area (Å²) in [5, 5.41) is 10.7. The fourth-order valence-corrected chi connectivity index (χ4v) is 0.588. The van der Waals surface area contributed by atoms with Gasteiger partial charge in [0.15, 0.2) is 0 Å². The molecule has 0 rings (SSSR count). The van der Waals surface area contributed by atoms with E-state index in [1.165, 1.54) is 6.08 Å². The molecule has 0 radical (unpaired) electrons. The Bertz CT molecular complexity index is 168. The molecular formula is C8H13LiO4. The van der Waals surface area contributed by atoms with Gasteiger partial charge in [-0.15, -0.1) is 0 Å². The van der Waals surface area contributed by atoms with Crippen LogP contribution in [0.4, 0.5) is 0 Å². The molecule has 5 heteroatoms. The Morgan fingerprint density at radius 3 is 2.31 bits per heavy atom. The number of carbonyl (C=O) groups excluding carboxylic acids is 1. The maximum atomic E-state index is 10.7. The van der Waals surface area contributed by atoms with Gasteiger partial charge in [-0.25, -0.2) is 0 Å². The van der Waals surface area contributed by atoms with Crippen molar-refractivity contribution in [3.63, 3.8) is 0 Å². The first kappa shape index (κ1) is 14.9. The van der Waals surface area contributed by atoms with Crippen molar-refractivity contribution in [3.05, 3.63) is 12.0 Å². The number of carbonyl (C=O) groups is 1. The number of hydrogen-bond donors (Lipinski definition) is 0. The predicted molar refractivity (Wildman–Crippen MR) is 41.0 cm³/mol. The van der Waals surface area contributed by atoms with Gasteiger partial charge in [0, 0.05) is 5.95 Å². The van der Waals surface area contributed by atoms with Crippen molar-refractivity contribution in [2.24, 2.45) is 0 Å². The van der Waals surface area contributed by atoms with Crippen molar-refractivity contribution in [2.75, 3.05) is 13.2 Å². The van der Waals surface area contributed by atoms with Crippen LogP contribution in [0.5, 0.6) is 0 Å². The molecule has 0 aliphatic heterocycles. The molecular weight excluding hydrogens is 167 g/mol. The second-order valence-electron chi connectivity index (χ2n) is 1.97. The third kappa shape index (κ3) is 9.32. The van der Waals surface area contributed by atoms with Crippen LogP contribution in [-0.2, 0) is 14.3 Å². The van der Waals surface area contributed by atoms with Gasteiger partial charge in [0.25, 0.3) is 0 Å². The average molecular weight is 180 g/mol. The largest absolute Gasteiger partial charge is 1.00 e. The smallest absolute Gasteiger partial charge is 0.614 e. The zero-order valence-corrected chi connectivity index (χ0v) is 8.33. The van der Waals surface area contributed by atoms with E-state index in [1.54, 1.807) is 13.8 Å². The van der Waals surface area contributed by atoms with E-state index in [1.807, 2.05) is 0 Å². The Hall–Kier alpha value is -0.593. The molecule has 0 aromatic carbocycles. The van der Waals surface area contributed by atoms with E-state index in [4.69, 9.17) is 0 Å². The number of rotatable bonds is 5. The first-order valence-electron chi connectivity index (χ1n) is 3.86. The van der Waals surface area contributed by atoms with Crippen LogP contribution < -0.4 is 24.0 Å². The molecule has 0 amide bonds. The summed E-state index contributed by atoms with van der Waals surface area (Å²) in [6, 6.07) is 0. The van der Waals surface area contributed by atoms with Crippen LogP contribution in [-0.4, -0.2) is 19.2 Å². The molecule has 0 aliphatic rings. The summed E-state index contributed by atoms with van der Waals surface area (Å²) < 4.78 is 9.16. The van der Waals surface area contributed by atoms with E-state index in [2.05, 4.69) is 9.47 Å². The van der Waals surface area contributed by atoms with E-state index in [9.17, 15) is 9.90 Å². The van der Waals surface area contributed by atoms with Crippen molar-refractivity contribution in [1.82, 2.24) is 0 Å². The van der Waals surface area contributed by atoms with E-state index in [0.29, 0.717) is 13.2 Å². The summed E-state index contributed by atoms with van der Waals surface area (Å²) in [6.45, 7) is 4.06. The Balaban J connectivity index is 0. The summed E-state index contributed by atoms with van der Waals surface area (Å²) in [5.41, 5.74) is 0. The zero-order valence-electron chi connectivity index (χ0n) is 8.33. The molecule has 0 heterocycles. The Morgan fingerprint density at radius 2 is 1.85 bits per heavy atom. The van der Waals surface area contributed by atoms with E-state index in [0.717, 1.165) is 0 Å². The molecule has 0 bridgehead atoms. The van der Waals surface area contributed by atoms with Crippen LogP contribution in [0.1, 0.15) is 20.3 Å². The van der Waals surface area contributed by atoms with Crippen LogP contribution in [0.25, 0.3) is 0 Å². The summed E-state index contributed by atoms with van der Waals surface area (Å²) >= 11 is 0. The maximum absolute atomic E-state index is 10.7. The maximum Gasteiger partial charge on any atom is 1.00 e. The second-order valence-corrected chi connectivity index (χ2v) is 1.97. The van der Waals surface area contributed by atoms with Crippen LogP contribution in [0.2, 0.25) is 0 Å². The summed E-state index contributed by atoms with van der Waals surface area (Å²) in [6.07, 6.45) is 1.15. The standard InChI is InChI=1S/C8H14O4.Li/c1-3-11-7(9)5-6-8(10)12-4-2;/h5,9H,3-4,6H2,1-2H3;/q;+1/p-1/b7-5+;. The Kier molecular flexibility index (Phi) is 10.9. The van der Waals surface area contributed by atoms with Gasteiger partial charge in [0.1, 0.15) is 0 Å². The quantitative estimate of drug-likeness (QED) is 0.260. The fourth-order valence-electron chi connectivity index (χ4n) is 0.588. The van der Waals surface area contributed by atoms with Crippen LogP contribution in [0.15, 0.2) is 12.0 Å². The molecule has 0 spiro atoms. The third-order valence-corrected chi connectivity index (χ3v) is 1.03. The monoisotopic (exact) mass is 180 g/mol. The van der Waals surface area contributed by atoms with Crippen LogP contribution >= 0.6 is 0 Å². The van der Waals surface area contributed by atoms with Crippen molar-refractivity contribution >= 4 is 5.97 Å². The number of esters is 1. The van der Waals surface area contributed by atoms with Crippen molar-refractivity contribution < 1.29 is 38.2 Å². The SMILES string of the molecule is CCOC(=O)C/C=C(\[O-])OCC.[Li+]. The first-order valence-corrected chi connectivity index (χ1v) is 3.86. The summed E-state index contributed by atoms with van der Waals surface area (Å²) in [5.74, 6) is -0.892. The minimum atomic E-state index is -0.481. The van der Waals surface area contributed by atoms with E-state index >= 15 is 0 Å². The minimum Gasteiger partial charge on any atom is -0.614 e. The van der Waals surface area contributed by atoms with Gasteiger partial charge in [0.2, 0.25) is 0 Å². The first-order chi connectivity index (χ1) is 5.70. The van der Waals surface area contributed by atoms with Gasteiger partial charge in [-0.2, -0.15) is 0 Å². The van der Waals surface area contributed by atoms with E-state index in [-0.39, 0.29) is 25.3 Å². The van der Waals surface area contributed by atoms with Gasteiger partial charge >= 0.3 is 24.8 Å². The molecule has 0 unspecified atom stereocenters. The second kappa shape index (κ2) is 9.50. The van der Waals surface area contributed by atoms with Gasteiger partial charge < -0.3 is 14.6 Å². The van der Waals surface area contributed by atoms with Crippen LogP contribution in [0.3, 0.4) is 0 Å². The normalized spacial score (nSPS) is 10.2. The topological polar surface area (TPSA) is 58.6 Å². The van der Waals surface area contributed by atoms with Gasteiger partial charge in [-0.3, -0.25) is 4.79 Å². The molecule has 0 aliphatic carbocycles. The minimum absolute atomic E-state index is 0. The third-order valence-electron chi connectivity index (χ3n) is 1.03. The molecule has 0 aromatic rings. The molecule has 0 saturated carbocycles. The van der Waals surface area contributed by atoms with Gasteiger partial charge in [-0.1, -0.05) is 13.0 Å². The predicted octanol–water partition coefficient (Wildman–Crippen LogP) is -2.82. The summed E-state index contributed by atoms with van der Waals surface area (Å²) in [7, 11) is 0. The molecule has 13 heavy (non-hydrogen) atoms. The number of hydrogen-bond acceptors (Lipinski definition) is 4. The Morgan fingerprint density at radius 1 is 1.31 bits per heavy atom. The van der Waals surface area contributed by atoms with Crippen molar-refractivity contribution in [3.8, 4) is 0 Å². The summed E-state index contributed by atoms with van der Waals surface area (Å²) in [4.78, 5) is 10.7.